The van der Waals surface area contributed by atoms with Gasteiger partial charge in [0.25, 0.3) is 0 Å². The lowest BCUT2D eigenvalue weighted by atomic mass is 9.66. The smallest absolute Gasteiger partial charge is 0.306 e. The van der Waals surface area contributed by atoms with Crippen LogP contribution in [-0.2, 0) is 4.79 Å². The van der Waals surface area contributed by atoms with Crippen LogP contribution in [0.4, 0.5) is 0 Å². The van der Waals surface area contributed by atoms with E-state index >= 15 is 0 Å². The second-order valence-electron chi connectivity index (χ2n) is 4.45. The van der Waals surface area contributed by atoms with Gasteiger partial charge in [0, 0.05) is 0 Å². The third-order valence-corrected chi connectivity index (χ3v) is 3.64. The summed E-state index contributed by atoms with van der Waals surface area (Å²) in [6.45, 7) is 0. The molecule has 0 aliphatic heterocycles. The molecule has 0 aromatic rings. The molecule has 0 amide bonds. The molecule has 2 bridgehead atoms. The van der Waals surface area contributed by atoms with Crippen LogP contribution in [0.15, 0.2) is 0 Å². The van der Waals surface area contributed by atoms with Gasteiger partial charge in [-0.2, -0.15) is 0 Å². The minimum atomic E-state index is -0.677. The predicted octanol–water partition coefficient (Wildman–Crippen LogP) is 1.26. The van der Waals surface area contributed by atoms with Crippen LogP contribution in [0.1, 0.15) is 32.1 Å². The van der Waals surface area contributed by atoms with Crippen LogP contribution >= 0.6 is 0 Å². The van der Waals surface area contributed by atoms with Gasteiger partial charge in [0.2, 0.25) is 0 Å². The number of aliphatic hydroxyl groups excluding tert-OH is 1. The highest BCUT2D eigenvalue weighted by atomic mass is 16.4. The van der Waals surface area contributed by atoms with Gasteiger partial charge >= 0.3 is 5.97 Å². The fourth-order valence-corrected chi connectivity index (χ4v) is 2.91. The summed E-state index contributed by atoms with van der Waals surface area (Å²) in [6, 6.07) is 0. The van der Waals surface area contributed by atoms with E-state index in [1.54, 1.807) is 0 Å². The van der Waals surface area contributed by atoms with Gasteiger partial charge in [-0.25, -0.2) is 0 Å². The Labute approximate surface area is 77.8 Å². The van der Waals surface area contributed by atoms with Gasteiger partial charge in [-0.15, -0.1) is 0 Å². The lowest BCUT2D eigenvalue weighted by Gasteiger charge is -2.41. The summed E-state index contributed by atoms with van der Waals surface area (Å²) >= 11 is 0. The van der Waals surface area contributed by atoms with Gasteiger partial charge in [0.05, 0.1) is 12.0 Å². The molecular formula is C10H16O3. The second kappa shape index (κ2) is 3.29. The van der Waals surface area contributed by atoms with Crippen LogP contribution in [0.2, 0.25) is 0 Å². The van der Waals surface area contributed by atoms with Crippen molar-refractivity contribution in [3.05, 3.63) is 0 Å². The molecule has 2 fully saturated rings. The van der Waals surface area contributed by atoms with Crippen LogP contribution in [0, 0.1) is 17.8 Å². The SMILES string of the molecule is O=C(O)C1C[C@H]2CCC[C@@H](C1)C2O. The third-order valence-electron chi connectivity index (χ3n) is 3.64. The molecular weight excluding hydrogens is 168 g/mol. The van der Waals surface area contributed by atoms with E-state index in [9.17, 15) is 9.90 Å². The molecule has 2 saturated carbocycles. The topological polar surface area (TPSA) is 57.5 Å². The fourth-order valence-electron chi connectivity index (χ4n) is 2.91. The van der Waals surface area contributed by atoms with Crippen LogP contribution < -0.4 is 0 Å². The van der Waals surface area contributed by atoms with Gasteiger partial charge in [0.15, 0.2) is 0 Å². The molecule has 2 N–H and O–H groups in total. The molecule has 2 aliphatic rings. The number of aliphatic hydroxyl groups is 1. The van der Waals surface area contributed by atoms with E-state index in [2.05, 4.69) is 0 Å². The zero-order valence-electron chi connectivity index (χ0n) is 7.65. The van der Waals surface area contributed by atoms with Crippen molar-refractivity contribution in [2.45, 2.75) is 38.2 Å². The van der Waals surface area contributed by atoms with Crippen LogP contribution in [-0.4, -0.2) is 22.3 Å². The molecule has 0 radical (unpaired) electrons. The molecule has 0 spiro atoms. The molecule has 4 atom stereocenters. The largest absolute Gasteiger partial charge is 0.481 e. The third kappa shape index (κ3) is 1.57. The van der Waals surface area contributed by atoms with E-state index in [4.69, 9.17) is 5.11 Å². The zero-order chi connectivity index (χ0) is 9.42. The van der Waals surface area contributed by atoms with Crippen molar-refractivity contribution >= 4 is 5.97 Å². The normalized spacial score (nSPS) is 44.4. The average Bonchev–Trinajstić information content (AvgIpc) is 2.02. The Kier molecular flexibility index (Phi) is 2.28. The number of aliphatic carboxylic acids is 1. The lowest BCUT2D eigenvalue weighted by molar-refractivity contribution is -0.147. The van der Waals surface area contributed by atoms with Crippen molar-refractivity contribution in [3.8, 4) is 0 Å². The molecule has 0 aromatic heterocycles. The number of rotatable bonds is 1. The Morgan fingerprint density at radius 3 is 2.15 bits per heavy atom. The Bertz CT molecular complexity index is 200. The van der Waals surface area contributed by atoms with E-state index in [0.717, 1.165) is 12.8 Å². The van der Waals surface area contributed by atoms with Crippen molar-refractivity contribution in [3.63, 3.8) is 0 Å². The van der Waals surface area contributed by atoms with Crippen molar-refractivity contribution in [2.75, 3.05) is 0 Å². The number of carboxylic acid groups (broad SMARTS) is 1. The van der Waals surface area contributed by atoms with E-state index in [-0.39, 0.29) is 23.9 Å². The Morgan fingerprint density at radius 1 is 1.15 bits per heavy atom. The lowest BCUT2D eigenvalue weighted by Crippen LogP contribution is -2.42. The monoisotopic (exact) mass is 184 g/mol. The van der Waals surface area contributed by atoms with Crippen molar-refractivity contribution in [1.82, 2.24) is 0 Å². The van der Waals surface area contributed by atoms with E-state index in [1.165, 1.54) is 6.42 Å². The molecule has 0 heterocycles. The first kappa shape index (κ1) is 9.00. The Balaban J connectivity index is 2.07. The highest BCUT2D eigenvalue weighted by molar-refractivity contribution is 5.70. The average molecular weight is 184 g/mol. The summed E-state index contributed by atoms with van der Waals surface area (Å²) in [5.74, 6) is -0.357. The van der Waals surface area contributed by atoms with Crippen LogP contribution in [0.5, 0.6) is 0 Å². The number of carbonyl (C=O) groups is 1. The summed E-state index contributed by atoms with van der Waals surface area (Å²) in [6.07, 6.45) is 4.35. The maximum Gasteiger partial charge on any atom is 0.306 e. The first-order valence-electron chi connectivity index (χ1n) is 5.09. The number of hydrogen-bond acceptors (Lipinski definition) is 2. The highest BCUT2D eigenvalue weighted by Gasteiger charge is 2.41. The molecule has 13 heavy (non-hydrogen) atoms. The summed E-state index contributed by atoms with van der Waals surface area (Å²) in [5, 5.41) is 18.7. The molecule has 2 unspecified atom stereocenters. The van der Waals surface area contributed by atoms with Gasteiger partial charge in [0.1, 0.15) is 0 Å². The number of hydrogen-bond donors (Lipinski definition) is 2. The minimum absolute atomic E-state index is 0.196. The zero-order valence-corrected chi connectivity index (χ0v) is 7.65. The summed E-state index contributed by atoms with van der Waals surface area (Å²) < 4.78 is 0. The molecule has 3 heteroatoms. The predicted molar refractivity (Wildman–Crippen MR) is 47.2 cm³/mol. The molecule has 74 valence electrons. The quantitative estimate of drug-likeness (QED) is 0.645. The van der Waals surface area contributed by atoms with Crippen molar-refractivity contribution in [1.29, 1.82) is 0 Å². The Morgan fingerprint density at radius 2 is 1.69 bits per heavy atom. The maximum absolute atomic E-state index is 10.8. The van der Waals surface area contributed by atoms with Crippen molar-refractivity contribution in [2.24, 2.45) is 17.8 Å². The fraction of sp³-hybridized carbons (Fsp3) is 0.900. The van der Waals surface area contributed by atoms with Gasteiger partial charge < -0.3 is 10.2 Å². The van der Waals surface area contributed by atoms with Gasteiger partial charge in [-0.1, -0.05) is 6.42 Å². The van der Waals surface area contributed by atoms with E-state index in [1.807, 2.05) is 0 Å². The first-order chi connectivity index (χ1) is 6.18. The molecule has 3 nitrogen and oxygen atoms in total. The summed E-state index contributed by atoms with van der Waals surface area (Å²) in [5.41, 5.74) is 0. The standard InChI is InChI=1S/C10H16O3/c11-9-6-2-1-3-7(9)5-8(4-6)10(12)13/h6-9,11H,1-5H2,(H,12,13)/t6-,7+,8?,9?. The minimum Gasteiger partial charge on any atom is -0.481 e. The van der Waals surface area contributed by atoms with Gasteiger partial charge in [-0.05, 0) is 37.5 Å². The molecule has 2 aliphatic carbocycles. The molecule has 0 aromatic carbocycles. The van der Waals surface area contributed by atoms with E-state index < -0.39 is 5.97 Å². The second-order valence-corrected chi connectivity index (χ2v) is 4.45. The van der Waals surface area contributed by atoms with E-state index in [0.29, 0.717) is 12.8 Å². The van der Waals surface area contributed by atoms with Gasteiger partial charge in [-0.3, -0.25) is 4.79 Å². The summed E-state index contributed by atoms with van der Waals surface area (Å²) in [7, 11) is 0. The van der Waals surface area contributed by atoms with Crippen LogP contribution in [0.25, 0.3) is 0 Å². The summed E-state index contributed by atoms with van der Waals surface area (Å²) in [4.78, 5) is 10.8. The molecule has 0 saturated heterocycles. The maximum atomic E-state index is 10.8. The number of fused-ring (bicyclic) bond motifs is 2. The van der Waals surface area contributed by atoms with Crippen molar-refractivity contribution < 1.29 is 15.0 Å². The Hall–Kier alpha value is -0.570. The molecule has 2 rings (SSSR count). The van der Waals surface area contributed by atoms with Crippen LogP contribution in [0.3, 0.4) is 0 Å². The number of carboxylic acids is 1. The highest BCUT2D eigenvalue weighted by Crippen LogP contribution is 2.42. The first-order valence-corrected chi connectivity index (χ1v) is 5.09.